The van der Waals surface area contributed by atoms with E-state index < -0.39 is 5.91 Å². The molecule has 0 bridgehead atoms. The lowest BCUT2D eigenvalue weighted by molar-refractivity contribution is 0.102. The molecule has 3 rings (SSSR count). The second kappa shape index (κ2) is 8.01. The molecule has 0 aliphatic heterocycles. The number of nitrogens with zero attached hydrogens (tertiary/aromatic N) is 1. The van der Waals surface area contributed by atoms with Crippen LogP contribution in [-0.4, -0.2) is 16.8 Å². The van der Waals surface area contributed by atoms with Crippen molar-refractivity contribution in [1.29, 1.82) is 0 Å². The summed E-state index contributed by atoms with van der Waals surface area (Å²) in [5, 5.41) is 6.13. The van der Waals surface area contributed by atoms with Crippen LogP contribution in [0.1, 0.15) is 32.0 Å². The number of carbonyl (C=O) groups is 2. The van der Waals surface area contributed by atoms with Gasteiger partial charge in [0.15, 0.2) is 0 Å². The third-order valence-electron chi connectivity index (χ3n) is 4.06. The van der Waals surface area contributed by atoms with Crippen LogP contribution in [0.5, 0.6) is 0 Å². The highest BCUT2D eigenvalue weighted by Gasteiger charge is 2.14. The summed E-state index contributed by atoms with van der Waals surface area (Å²) in [7, 11) is 0. The number of carbonyl (C=O) groups excluding carboxylic acids is 2. The van der Waals surface area contributed by atoms with Gasteiger partial charge in [-0.1, -0.05) is 35.9 Å². The summed E-state index contributed by atoms with van der Waals surface area (Å²) in [6.07, 6.45) is 1.44. The SMILES string of the molecule is Cc1cccc(C)c1NC(=O)c1ccnc(C(=O)Nc2cccc(Cl)c2)c1. The Labute approximate surface area is 162 Å². The van der Waals surface area contributed by atoms with Crippen LogP contribution in [0.15, 0.2) is 60.8 Å². The molecule has 6 heteroatoms. The van der Waals surface area contributed by atoms with E-state index in [0.29, 0.717) is 16.3 Å². The number of halogens is 1. The van der Waals surface area contributed by atoms with E-state index in [9.17, 15) is 9.59 Å². The Hall–Kier alpha value is -3.18. The van der Waals surface area contributed by atoms with Gasteiger partial charge in [0.1, 0.15) is 5.69 Å². The number of amides is 2. The Morgan fingerprint density at radius 2 is 1.59 bits per heavy atom. The van der Waals surface area contributed by atoms with Gasteiger partial charge in [0.2, 0.25) is 0 Å². The Bertz CT molecular complexity index is 998. The molecule has 0 saturated heterocycles. The van der Waals surface area contributed by atoms with Gasteiger partial charge in [-0.2, -0.15) is 0 Å². The van der Waals surface area contributed by atoms with E-state index in [4.69, 9.17) is 11.6 Å². The van der Waals surface area contributed by atoms with Crippen molar-refractivity contribution in [1.82, 2.24) is 4.98 Å². The summed E-state index contributed by atoms with van der Waals surface area (Å²) in [5.41, 5.74) is 3.75. The number of pyridine rings is 1. The first-order valence-corrected chi connectivity index (χ1v) is 8.72. The zero-order valence-electron chi connectivity index (χ0n) is 14.9. The predicted octanol–water partition coefficient (Wildman–Crippen LogP) is 4.86. The third kappa shape index (κ3) is 4.51. The maximum Gasteiger partial charge on any atom is 0.274 e. The summed E-state index contributed by atoms with van der Waals surface area (Å²) in [5.74, 6) is -0.717. The molecule has 0 unspecified atom stereocenters. The monoisotopic (exact) mass is 379 g/mol. The van der Waals surface area contributed by atoms with E-state index in [0.717, 1.165) is 16.8 Å². The van der Waals surface area contributed by atoms with Crippen molar-refractivity contribution in [3.63, 3.8) is 0 Å². The average Bonchev–Trinajstić information content (AvgIpc) is 2.65. The van der Waals surface area contributed by atoms with Gasteiger partial charge in [-0.3, -0.25) is 14.6 Å². The molecule has 1 aromatic heterocycles. The second-order valence-corrected chi connectivity index (χ2v) is 6.55. The van der Waals surface area contributed by atoms with Crippen LogP contribution in [0.2, 0.25) is 5.02 Å². The smallest absolute Gasteiger partial charge is 0.274 e. The first kappa shape index (κ1) is 18.6. The highest BCUT2D eigenvalue weighted by molar-refractivity contribution is 6.31. The molecule has 2 amide bonds. The van der Waals surface area contributed by atoms with E-state index in [1.54, 1.807) is 30.3 Å². The Morgan fingerprint density at radius 3 is 2.30 bits per heavy atom. The molecule has 0 saturated carbocycles. The number of hydrogen-bond acceptors (Lipinski definition) is 3. The Balaban J connectivity index is 1.78. The predicted molar refractivity (Wildman–Crippen MR) is 108 cm³/mol. The molecule has 136 valence electrons. The first-order valence-electron chi connectivity index (χ1n) is 8.34. The zero-order valence-corrected chi connectivity index (χ0v) is 15.7. The molecule has 3 aromatic rings. The topological polar surface area (TPSA) is 71.1 Å². The van der Waals surface area contributed by atoms with Crippen LogP contribution < -0.4 is 10.6 Å². The summed E-state index contributed by atoms with van der Waals surface area (Å²) in [6.45, 7) is 3.86. The van der Waals surface area contributed by atoms with Crippen LogP contribution in [0.3, 0.4) is 0 Å². The third-order valence-corrected chi connectivity index (χ3v) is 4.29. The number of para-hydroxylation sites is 1. The van der Waals surface area contributed by atoms with Gasteiger partial charge in [0.05, 0.1) is 0 Å². The summed E-state index contributed by atoms with van der Waals surface area (Å²) in [6, 6.07) is 15.6. The van der Waals surface area contributed by atoms with Crippen molar-refractivity contribution in [3.8, 4) is 0 Å². The molecule has 0 aliphatic rings. The number of aromatic nitrogens is 1. The van der Waals surface area contributed by atoms with Crippen molar-refractivity contribution < 1.29 is 9.59 Å². The normalized spacial score (nSPS) is 10.3. The molecule has 0 radical (unpaired) electrons. The standard InChI is InChI=1S/C21H18ClN3O2/c1-13-5-3-6-14(2)19(13)25-20(26)15-9-10-23-18(11-15)21(27)24-17-8-4-7-16(22)12-17/h3-12H,1-2H3,(H,24,27)(H,25,26). The molecule has 0 aliphatic carbocycles. The van der Waals surface area contributed by atoms with Crippen LogP contribution in [0, 0.1) is 13.8 Å². The van der Waals surface area contributed by atoms with Gasteiger partial charge in [0.25, 0.3) is 11.8 Å². The molecule has 0 spiro atoms. The van der Waals surface area contributed by atoms with Gasteiger partial charge < -0.3 is 10.6 Å². The highest BCUT2D eigenvalue weighted by atomic mass is 35.5. The largest absolute Gasteiger partial charge is 0.322 e. The Kier molecular flexibility index (Phi) is 5.52. The molecule has 0 fully saturated rings. The molecule has 2 aromatic carbocycles. The van der Waals surface area contributed by atoms with Crippen LogP contribution in [0.25, 0.3) is 0 Å². The zero-order chi connectivity index (χ0) is 19.4. The summed E-state index contributed by atoms with van der Waals surface area (Å²) >= 11 is 5.92. The van der Waals surface area contributed by atoms with E-state index in [2.05, 4.69) is 15.6 Å². The van der Waals surface area contributed by atoms with Crippen LogP contribution >= 0.6 is 11.6 Å². The first-order chi connectivity index (χ1) is 12.9. The van der Waals surface area contributed by atoms with E-state index in [1.165, 1.54) is 12.3 Å². The van der Waals surface area contributed by atoms with Gasteiger partial charge in [-0.25, -0.2) is 0 Å². The van der Waals surface area contributed by atoms with Gasteiger partial charge >= 0.3 is 0 Å². The lowest BCUT2D eigenvalue weighted by Gasteiger charge is -2.12. The minimum Gasteiger partial charge on any atom is -0.322 e. The molecular formula is C21H18ClN3O2. The maximum atomic E-state index is 12.6. The highest BCUT2D eigenvalue weighted by Crippen LogP contribution is 2.20. The fourth-order valence-electron chi connectivity index (χ4n) is 2.65. The van der Waals surface area contributed by atoms with Crippen molar-refractivity contribution in [3.05, 3.63) is 88.2 Å². The fraction of sp³-hybridized carbons (Fsp3) is 0.0952. The van der Waals surface area contributed by atoms with E-state index in [1.807, 2.05) is 32.0 Å². The number of rotatable bonds is 4. The van der Waals surface area contributed by atoms with Crippen LogP contribution in [0.4, 0.5) is 11.4 Å². The quantitative estimate of drug-likeness (QED) is 0.680. The van der Waals surface area contributed by atoms with Crippen molar-refractivity contribution in [2.75, 3.05) is 10.6 Å². The summed E-state index contributed by atoms with van der Waals surface area (Å²) in [4.78, 5) is 29.1. The minimum absolute atomic E-state index is 0.143. The number of anilines is 2. The lowest BCUT2D eigenvalue weighted by atomic mass is 10.1. The van der Waals surface area contributed by atoms with Crippen molar-refractivity contribution in [2.24, 2.45) is 0 Å². The fourth-order valence-corrected chi connectivity index (χ4v) is 2.84. The molecule has 2 N–H and O–H groups in total. The molecule has 27 heavy (non-hydrogen) atoms. The maximum absolute atomic E-state index is 12.6. The van der Waals surface area contributed by atoms with E-state index in [-0.39, 0.29) is 11.6 Å². The minimum atomic E-state index is -0.418. The van der Waals surface area contributed by atoms with Gasteiger partial charge in [-0.15, -0.1) is 0 Å². The number of nitrogens with one attached hydrogen (secondary N) is 2. The molecule has 0 atom stereocenters. The molecule has 1 heterocycles. The van der Waals surface area contributed by atoms with Crippen molar-refractivity contribution >= 4 is 34.8 Å². The number of hydrogen-bond donors (Lipinski definition) is 2. The van der Waals surface area contributed by atoms with Crippen LogP contribution in [-0.2, 0) is 0 Å². The molecular weight excluding hydrogens is 362 g/mol. The summed E-state index contributed by atoms with van der Waals surface area (Å²) < 4.78 is 0. The molecule has 5 nitrogen and oxygen atoms in total. The second-order valence-electron chi connectivity index (χ2n) is 6.12. The average molecular weight is 380 g/mol. The van der Waals surface area contributed by atoms with Gasteiger partial charge in [-0.05, 0) is 55.3 Å². The number of aryl methyl sites for hydroxylation is 2. The van der Waals surface area contributed by atoms with Crippen molar-refractivity contribution in [2.45, 2.75) is 13.8 Å². The van der Waals surface area contributed by atoms with E-state index >= 15 is 0 Å². The van der Waals surface area contributed by atoms with Gasteiger partial charge in [0, 0.05) is 28.2 Å². The number of benzene rings is 2. The Morgan fingerprint density at radius 1 is 0.889 bits per heavy atom. The lowest BCUT2D eigenvalue weighted by Crippen LogP contribution is -2.17.